The van der Waals surface area contributed by atoms with Gasteiger partial charge in [-0.05, 0) is 37.5 Å². The van der Waals surface area contributed by atoms with E-state index in [1.165, 1.54) is 18.1 Å². The summed E-state index contributed by atoms with van der Waals surface area (Å²) in [6.45, 7) is 8.63. The molecule has 28 heavy (non-hydrogen) atoms. The van der Waals surface area contributed by atoms with Crippen molar-refractivity contribution in [2.45, 2.75) is 39.3 Å². The molecular weight excluding hydrogens is 354 g/mol. The van der Waals surface area contributed by atoms with E-state index in [0.717, 1.165) is 12.0 Å². The smallest absolute Gasteiger partial charge is 0.257 e. The van der Waals surface area contributed by atoms with Gasteiger partial charge in [-0.25, -0.2) is 0 Å². The van der Waals surface area contributed by atoms with Crippen LogP contribution in [0.3, 0.4) is 0 Å². The Kier molecular flexibility index (Phi) is 6.52. The van der Waals surface area contributed by atoms with E-state index in [-0.39, 0.29) is 23.9 Å². The number of amides is 2. The molecule has 0 radical (unpaired) electrons. The van der Waals surface area contributed by atoms with Gasteiger partial charge in [0.15, 0.2) is 0 Å². The van der Waals surface area contributed by atoms with Gasteiger partial charge in [-0.2, -0.15) is 0 Å². The Morgan fingerprint density at radius 1 is 1.07 bits per heavy atom. The molecule has 2 aromatic rings. The first-order valence-electron chi connectivity index (χ1n) is 9.94. The lowest BCUT2D eigenvalue weighted by molar-refractivity contribution is -0.127. The molecule has 0 saturated carbocycles. The van der Waals surface area contributed by atoms with Crippen LogP contribution in [-0.4, -0.2) is 53.8 Å². The van der Waals surface area contributed by atoms with Crippen LogP contribution in [0, 0.1) is 0 Å². The molecule has 2 amide bonds. The first-order valence-corrected chi connectivity index (χ1v) is 9.94. The number of hydrogen-bond donors (Lipinski definition) is 1. The monoisotopic (exact) mass is 383 g/mol. The number of nitrogens with one attached hydrogen (secondary N) is 1. The van der Waals surface area contributed by atoms with Gasteiger partial charge in [0, 0.05) is 26.2 Å². The highest BCUT2D eigenvalue weighted by Crippen LogP contribution is 2.16. The molecule has 1 N–H and O–H groups in total. The lowest BCUT2D eigenvalue weighted by Crippen LogP contribution is -2.55. The molecule has 6 nitrogen and oxygen atoms in total. The van der Waals surface area contributed by atoms with Crippen LogP contribution >= 0.6 is 0 Å². The van der Waals surface area contributed by atoms with Crippen molar-refractivity contribution in [2.24, 2.45) is 0 Å². The molecule has 1 aromatic carbocycles. The average Bonchev–Trinajstić information content (AvgIpc) is 3.27. The molecule has 0 spiro atoms. The predicted molar refractivity (Wildman–Crippen MR) is 108 cm³/mol. The number of carbonyl (C=O) groups is 2. The molecule has 1 aliphatic rings. The van der Waals surface area contributed by atoms with E-state index in [1.54, 1.807) is 6.07 Å². The van der Waals surface area contributed by atoms with E-state index < -0.39 is 0 Å². The first kappa shape index (κ1) is 20.1. The summed E-state index contributed by atoms with van der Waals surface area (Å²) in [5, 5.41) is 3.11. The highest BCUT2D eigenvalue weighted by molar-refractivity contribution is 5.93. The van der Waals surface area contributed by atoms with E-state index >= 15 is 0 Å². The van der Waals surface area contributed by atoms with Gasteiger partial charge < -0.3 is 14.6 Å². The molecule has 1 aromatic heterocycles. The van der Waals surface area contributed by atoms with Gasteiger partial charge in [0.2, 0.25) is 5.91 Å². The SMILES string of the molecule is CCc1ccc(C(C)NC(=O)C(C)N2CCN(C(=O)c3ccoc3)CC2)cc1. The number of piperazine rings is 1. The summed E-state index contributed by atoms with van der Waals surface area (Å²) in [7, 11) is 0. The molecule has 1 saturated heterocycles. The Labute approximate surface area is 166 Å². The molecule has 2 atom stereocenters. The van der Waals surface area contributed by atoms with Crippen LogP contribution in [0.15, 0.2) is 47.3 Å². The van der Waals surface area contributed by atoms with Gasteiger partial charge in [0.25, 0.3) is 5.91 Å². The van der Waals surface area contributed by atoms with Gasteiger partial charge in [0.05, 0.1) is 23.9 Å². The molecule has 2 heterocycles. The third-order valence-electron chi connectivity index (χ3n) is 5.54. The Bertz CT molecular complexity index is 778. The van der Waals surface area contributed by atoms with Crippen LogP contribution in [0.5, 0.6) is 0 Å². The van der Waals surface area contributed by atoms with Gasteiger partial charge in [0.1, 0.15) is 6.26 Å². The molecule has 1 aliphatic heterocycles. The zero-order valence-corrected chi connectivity index (χ0v) is 16.9. The summed E-state index contributed by atoms with van der Waals surface area (Å²) < 4.78 is 4.99. The average molecular weight is 383 g/mol. The topological polar surface area (TPSA) is 65.8 Å². The van der Waals surface area contributed by atoms with E-state index in [9.17, 15) is 9.59 Å². The number of furan rings is 1. The van der Waals surface area contributed by atoms with Crippen LogP contribution in [0.25, 0.3) is 0 Å². The second-order valence-corrected chi connectivity index (χ2v) is 7.34. The van der Waals surface area contributed by atoms with Gasteiger partial charge >= 0.3 is 0 Å². The maximum Gasteiger partial charge on any atom is 0.257 e. The van der Waals surface area contributed by atoms with E-state index in [0.29, 0.717) is 31.7 Å². The third-order valence-corrected chi connectivity index (χ3v) is 5.54. The van der Waals surface area contributed by atoms with Crippen LogP contribution in [0.4, 0.5) is 0 Å². The van der Waals surface area contributed by atoms with Crippen molar-refractivity contribution in [2.75, 3.05) is 26.2 Å². The fourth-order valence-electron chi connectivity index (χ4n) is 3.51. The predicted octanol–water partition coefficient (Wildman–Crippen LogP) is 2.87. The number of aryl methyl sites for hydroxylation is 1. The minimum Gasteiger partial charge on any atom is -0.472 e. The quantitative estimate of drug-likeness (QED) is 0.833. The lowest BCUT2D eigenvalue weighted by Gasteiger charge is -2.37. The summed E-state index contributed by atoms with van der Waals surface area (Å²) in [4.78, 5) is 29.0. The molecule has 1 fully saturated rings. The number of hydrogen-bond acceptors (Lipinski definition) is 4. The van der Waals surface area contributed by atoms with Crippen LogP contribution in [0.2, 0.25) is 0 Å². The van der Waals surface area contributed by atoms with Crippen molar-refractivity contribution in [3.8, 4) is 0 Å². The zero-order chi connectivity index (χ0) is 20.1. The summed E-state index contributed by atoms with van der Waals surface area (Å²) in [6, 6.07) is 9.78. The van der Waals surface area contributed by atoms with E-state index in [1.807, 2.05) is 18.7 Å². The molecular formula is C22H29N3O3. The molecule has 0 bridgehead atoms. The fourth-order valence-corrected chi connectivity index (χ4v) is 3.51. The Morgan fingerprint density at radius 3 is 2.32 bits per heavy atom. The van der Waals surface area contributed by atoms with Gasteiger partial charge in [-0.1, -0.05) is 31.2 Å². The molecule has 0 aliphatic carbocycles. The van der Waals surface area contributed by atoms with Crippen molar-refractivity contribution in [1.82, 2.24) is 15.1 Å². The van der Waals surface area contributed by atoms with Crippen molar-refractivity contribution < 1.29 is 14.0 Å². The van der Waals surface area contributed by atoms with Gasteiger partial charge in [-0.3, -0.25) is 14.5 Å². The Balaban J connectivity index is 1.50. The van der Waals surface area contributed by atoms with Crippen LogP contribution in [0.1, 0.15) is 48.3 Å². The maximum absolute atomic E-state index is 12.7. The Hall–Kier alpha value is -2.60. The van der Waals surface area contributed by atoms with Gasteiger partial charge in [-0.15, -0.1) is 0 Å². The lowest BCUT2D eigenvalue weighted by atomic mass is 10.0. The summed E-state index contributed by atoms with van der Waals surface area (Å²) in [6.07, 6.45) is 3.99. The van der Waals surface area contributed by atoms with E-state index in [4.69, 9.17) is 4.42 Å². The van der Waals surface area contributed by atoms with Crippen molar-refractivity contribution in [3.05, 3.63) is 59.5 Å². The third kappa shape index (κ3) is 4.62. The van der Waals surface area contributed by atoms with Crippen LogP contribution < -0.4 is 5.32 Å². The van der Waals surface area contributed by atoms with Crippen molar-refractivity contribution >= 4 is 11.8 Å². The van der Waals surface area contributed by atoms with Crippen molar-refractivity contribution in [1.29, 1.82) is 0 Å². The zero-order valence-electron chi connectivity index (χ0n) is 16.9. The molecule has 6 heteroatoms. The first-order chi connectivity index (χ1) is 13.5. The molecule has 150 valence electrons. The molecule has 3 rings (SSSR count). The Morgan fingerprint density at radius 2 is 1.75 bits per heavy atom. The number of nitrogens with zero attached hydrogens (tertiary/aromatic N) is 2. The minimum absolute atomic E-state index is 0.0154. The minimum atomic E-state index is -0.233. The normalized spacial score (nSPS) is 17.2. The second kappa shape index (κ2) is 9.06. The summed E-state index contributed by atoms with van der Waals surface area (Å²) >= 11 is 0. The highest BCUT2D eigenvalue weighted by atomic mass is 16.3. The number of rotatable bonds is 6. The summed E-state index contributed by atoms with van der Waals surface area (Å²) in [5.74, 6) is -0.00340. The van der Waals surface area contributed by atoms with E-state index in [2.05, 4.69) is 41.4 Å². The van der Waals surface area contributed by atoms with Crippen LogP contribution in [-0.2, 0) is 11.2 Å². The highest BCUT2D eigenvalue weighted by Gasteiger charge is 2.28. The van der Waals surface area contributed by atoms with Crippen molar-refractivity contribution in [3.63, 3.8) is 0 Å². The number of carbonyl (C=O) groups excluding carboxylic acids is 2. The fraction of sp³-hybridized carbons (Fsp3) is 0.455. The standard InChI is InChI=1S/C22H29N3O3/c1-4-18-5-7-19(8-6-18)16(2)23-21(26)17(3)24-10-12-25(13-11-24)22(27)20-9-14-28-15-20/h5-9,14-17H,4,10-13H2,1-3H3,(H,23,26). The number of benzene rings is 1. The summed E-state index contributed by atoms with van der Waals surface area (Å²) in [5.41, 5.74) is 2.97. The molecule has 2 unspecified atom stereocenters. The largest absolute Gasteiger partial charge is 0.472 e. The second-order valence-electron chi connectivity index (χ2n) is 7.34. The maximum atomic E-state index is 12.7.